The minimum absolute atomic E-state index is 0.218. The van der Waals surface area contributed by atoms with Crippen molar-refractivity contribution in [3.8, 4) is 0 Å². The van der Waals surface area contributed by atoms with E-state index in [1.165, 1.54) is 0 Å². The molecule has 0 aromatic carbocycles. The third kappa shape index (κ3) is 3.14. The standard InChI is InChI=1S/C20H28O5/c1-10(2)8-15(21)24-14-9-11(3)13-6-7-20(5,23)17(13)18-16(14)12(4)19(22)25-18/h6-7,10,12,14,16-18,23H,8-9H2,1-5H3/t12-,14+,16-,17+,18+,20+/m1/s1. The molecule has 1 saturated heterocycles. The number of rotatable bonds is 3. The van der Waals surface area contributed by atoms with Crippen molar-refractivity contribution in [2.45, 2.75) is 65.3 Å². The third-order valence-corrected chi connectivity index (χ3v) is 5.76. The molecule has 0 amide bonds. The molecular weight excluding hydrogens is 320 g/mol. The van der Waals surface area contributed by atoms with E-state index in [0.29, 0.717) is 12.8 Å². The summed E-state index contributed by atoms with van der Waals surface area (Å²) in [5, 5.41) is 10.8. The molecule has 1 fully saturated rings. The van der Waals surface area contributed by atoms with E-state index in [4.69, 9.17) is 9.47 Å². The van der Waals surface area contributed by atoms with Gasteiger partial charge in [0.05, 0.1) is 17.4 Å². The van der Waals surface area contributed by atoms with E-state index in [2.05, 4.69) is 0 Å². The van der Waals surface area contributed by atoms with Crippen molar-refractivity contribution in [2.24, 2.45) is 23.7 Å². The third-order valence-electron chi connectivity index (χ3n) is 5.76. The summed E-state index contributed by atoms with van der Waals surface area (Å²) >= 11 is 0. The zero-order valence-electron chi connectivity index (χ0n) is 15.6. The predicted octanol–water partition coefficient (Wildman–Crippen LogP) is 2.78. The van der Waals surface area contributed by atoms with Gasteiger partial charge in [0.25, 0.3) is 0 Å². The van der Waals surface area contributed by atoms with E-state index in [0.717, 1.165) is 11.1 Å². The summed E-state index contributed by atoms with van der Waals surface area (Å²) in [6, 6.07) is 0. The number of carbonyl (C=O) groups excluding carboxylic acids is 2. The molecule has 0 bridgehead atoms. The van der Waals surface area contributed by atoms with Crippen LogP contribution in [0.15, 0.2) is 23.3 Å². The van der Waals surface area contributed by atoms with E-state index in [9.17, 15) is 14.7 Å². The summed E-state index contributed by atoms with van der Waals surface area (Å²) in [7, 11) is 0. The molecule has 0 aromatic rings. The van der Waals surface area contributed by atoms with Crippen LogP contribution >= 0.6 is 0 Å². The van der Waals surface area contributed by atoms with Gasteiger partial charge in [-0.3, -0.25) is 9.59 Å². The van der Waals surface area contributed by atoms with Crippen molar-refractivity contribution >= 4 is 11.9 Å². The van der Waals surface area contributed by atoms with Crippen LogP contribution in [-0.4, -0.2) is 34.9 Å². The molecule has 3 aliphatic rings. The van der Waals surface area contributed by atoms with Crippen molar-refractivity contribution in [1.29, 1.82) is 0 Å². The first-order chi connectivity index (χ1) is 11.6. The number of allylic oxidation sites excluding steroid dienone is 1. The van der Waals surface area contributed by atoms with Gasteiger partial charge in [-0.05, 0) is 25.3 Å². The summed E-state index contributed by atoms with van der Waals surface area (Å²) in [6.07, 6.45) is 3.74. The number of ether oxygens (including phenoxy) is 2. The van der Waals surface area contributed by atoms with Gasteiger partial charge in [0.15, 0.2) is 0 Å². The Morgan fingerprint density at radius 2 is 2.16 bits per heavy atom. The minimum Gasteiger partial charge on any atom is -0.462 e. The van der Waals surface area contributed by atoms with Gasteiger partial charge in [0.1, 0.15) is 12.2 Å². The van der Waals surface area contributed by atoms with E-state index < -0.39 is 17.8 Å². The molecule has 1 heterocycles. The molecule has 5 nitrogen and oxygen atoms in total. The van der Waals surface area contributed by atoms with E-state index in [1.54, 1.807) is 13.0 Å². The number of hydrogen-bond acceptors (Lipinski definition) is 5. The van der Waals surface area contributed by atoms with Crippen LogP contribution in [0.3, 0.4) is 0 Å². The quantitative estimate of drug-likeness (QED) is 0.794. The fraction of sp³-hybridized carbons (Fsp3) is 0.700. The molecule has 6 atom stereocenters. The smallest absolute Gasteiger partial charge is 0.309 e. The maximum atomic E-state index is 12.3. The van der Waals surface area contributed by atoms with Crippen LogP contribution in [0, 0.1) is 23.7 Å². The highest BCUT2D eigenvalue weighted by Gasteiger charge is 2.57. The molecule has 0 radical (unpaired) electrons. The largest absolute Gasteiger partial charge is 0.462 e. The molecule has 3 rings (SSSR count). The van der Waals surface area contributed by atoms with Crippen LogP contribution in [0.25, 0.3) is 0 Å². The lowest BCUT2D eigenvalue weighted by atomic mass is 9.76. The van der Waals surface area contributed by atoms with Gasteiger partial charge in [-0.2, -0.15) is 0 Å². The second-order valence-electron chi connectivity index (χ2n) is 8.37. The van der Waals surface area contributed by atoms with Crippen molar-refractivity contribution in [3.63, 3.8) is 0 Å². The molecule has 5 heteroatoms. The first-order valence-corrected chi connectivity index (χ1v) is 9.13. The Kier molecular flexibility index (Phi) is 4.56. The van der Waals surface area contributed by atoms with Crippen molar-refractivity contribution in [3.05, 3.63) is 23.3 Å². The zero-order chi connectivity index (χ0) is 18.5. The summed E-state index contributed by atoms with van der Waals surface area (Å²) in [5.74, 6) is -1.20. The van der Waals surface area contributed by atoms with E-state index >= 15 is 0 Å². The average molecular weight is 348 g/mol. The maximum Gasteiger partial charge on any atom is 0.309 e. The Morgan fingerprint density at radius 3 is 2.80 bits per heavy atom. The Bertz CT molecular complexity index is 642. The monoisotopic (exact) mass is 348 g/mol. The summed E-state index contributed by atoms with van der Waals surface area (Å²) in [6.45, 7) is 9.52. The van der Waals surface area contributed by atoms with Gasteiger partial charge in [-0.25, -0.2) is 0 Å². The molecule has 0 spiro atoms. The van der Waals surface area contributed by atoms with Gasteiger partial charge in [0.2, 0.25) is 0 Å². The van der Waals surface area contributed by atoms with Crippen LogP contribution < -0.4 is 0 Å². The van der Waals surface area contributed by atoms with Gasteiger partial charge in [-0.15, -0.1) is 0 Å². The molecule has 0 saturated carbocycles. The van der Waals surface area contributed by atoms with Crippen LogP contribution in [0.2, 0.25) is 0 Å². The fourth-order valence-corrected chi connectivity index (χ4v) is 4.51. The van der Waals surface area contributed by atoms with Crippen LogP contribution in [0.4, 0.5) is 0 Å². The Balaban J connectivity index is 1.96. The van der Waals surface area contributed by atoms with E-state index in [1.807, 2.05) is 33.8 Å². The number of fused-ring (bicyclic) bond motifs is 3. The fourth-order valence-electron chi connectivity index (χ4n) is 4.51. The van der Waals surface area contributed by atoms with Crippen molar-refractivity contribution < 1.29 is 24.2 Å². The number of esters is 2. The SMILES string of the molecule is CC1=C2C=C[C@](C)(O)[C@@H]2[C@H]2OC(=O)[C@H](C)[C@@H]2[C@@H](OC(=O)CC(C)C)C1. The van der Waals surface area contributed by atoms with E-state index in [-0.39, 0.29) is 35.6 Å². The summed E-state index contributed by atoms with van der Waals surface area (Å²) < 4.78 is 11.5. The lowest BCUT2D eigenvalue weighted by Crippen LogP contribution is -2.44. The highest BCUT2D eigenvalue weighted by atomic mass is 16.6. The maximum absolute atomic E-state index is 12.3. The lowest BCUT2D eigenvalue weighted by Gasteiger charge is -2.34. The van der Waals surface area contributed by atoms with Gasteiger partial charge in [0, 0.05) is 18.8 Å². The first-order valence-electron chi connectivity index (χ1n) is 9.13. The van der Waals surface area contributed by atoms with Crippen LogP contribution in [-0.2, 0) is 19.1 Å². The first kappa shape index (κ1) is 18.2. The molecule has 0 aromatic heterocycles. The second kappa shape index (κ2) is 6.27. The lowest BCUT2D eigenvalue weighted by molar-refractivity contribution is -0.155. The molecule has 138 valence electrons. The van der Waals surface area contributed by atoms with Gasteiger partial charge < -0.3 is 14.6 Å². The minimum atomic E-state index is -1.07. The highest BCUT2D eigenvalue weighted by Crippen LogP contribution is 2.50. The van der Waals surface area contributed by atoms with Crippen molar-refractivity contribution in [1.82, 2.24) is 0 Å². The molecule has 2 aliphatic carbocycles. The molecule has 1 aliphatic heterocycles. The number of aliphatic hydroxyl groups is 1. The van der Waals surface area contributed by atoms with Gasteiger partial charge in [-0.1, -0.05) is 38.5 Å². The predicted molar refractivity (Wildman–Crippen MR) is 92.4 cm³/mol. The van der Waals surface area contributed by atoms with Crippen LogP contribution in [0.5, 0.6) is 0 Å². The van der Waals surface area contributed by atoms with Crippen LogP contribution in [0.1, 0.15) is 47.5 Å². The van der Waals surface area contributed by atoms with Gasteiger partial charge >= 0.3 is 11.9 Å². The molecule has 25 heavy (non-hydrogen) atoms. The summed E-state index contributed by atoms with van der Waals surface area (Å²) in [5.41, 5.74) is 1.02. The zero-order valence-corrected chi connectivity index (χ0v) is 15.6. The van der Waals surface area contributed by atoms with Crippen molar-refractivity contribution in [2.75, 3.05) is 0 Å². The molecule has 1 N–H and O–H groups in total. The highest BCUT2D eigenvalue weighted by molar-refractivity contribution is 5.76. The average Bonchev–Trinajstić information content (AvgIpc) is 2.89. The normalized spacial score (nSPS) is 40.0. The number of carbonyl (C=O) groups is 2. The molecule has 0 unspecified atom stereocenters. The molecular formula is C20H28O5. The number of hydrogen-bond donors (Lipinski definition) is 1. The second-order valence-corrected chi connectivity index (χ2v) is 8.37. The topological polar surface area (TPSA) is 72.8 Å². The Morgan fingerprint density at radius 1 is 1.48 bits per heavy atom. The Hall–Kier alpha value is -1.62. The summed E-state index contributed by atoms with van der Waals surface area (Å²) in [4.78, 5) is 24.5. The Labute approximate surface area is 149 Å².